The number of methoxy groups -OCH3 is 1. The van der Waals surface area contributed by atoms with Gasteiger partial charge in [0.1, 0.15) is 11.8 Å². The summed E-state index contributed by atoms with van der Waals surface area (Å²) >= 11 is 0. The molecule has 0 spiro atoms. The minimum Gasteiger partial charge on any atom is -0.499 e. The Morgan fingerprint density at radius 2 is 1.86 bits per heavy atom. The Morgan fingerprint density at radius 3 is 2.33 bits per heavy atom. The van der Waals surface area contributed by atoms with Gasteiger partial charge in [0.2, 0.25) is 0 Å². The van der Waals surface area contributed by atoms with Crippen molar-refractivity contribution < 1.29 is 9.53 Å². The molecule has 2 rings (SSSR count). The summed E-state index contributed by atoms with van der Waals surface area (Å²) < 4.78 is 5.12. The Balaban J connectivity index is 2.31. The van der Waals surface area contributed by atoms with Gasteiger partial charge in [0.25, 0.3) is 5.91 Å². The van der Waals surface area contributed by atoms with E-state index in [4.69, 9.17) is 10.00 Å². The molecule has 1 heterocycles. The van der Waals surface area contributed by atoms with Crippen LogP contribution in [-0.4, -0.2) is 19.6 Å². The van der Waals surface area contributed by atoms with Gasteiger partial charge in [-0.15, -0.1) is 0 Å². The number of ether oxygens (including phenoxy) is 1. The predicted octanol–water partition coefficient (Wildman–Crippen LogP) is 3.14. The molecule has 0 bridgehead atoms. The van der Waals surface area contributed by atoms with Gasteiger partial charge >= 0.3 is 0 Å². The van der Waals surface area contributed by atoms with Crippen LogP contribution in [0.3, 0.4) is 0 Å². The Morgan fingerprint density at radius 1 is 1.24 bits per heavy atom. The fourth-order valence-electron chi connectivity index (χ4n) is 2.40. The summed E-state index contributed by atoms with van der Waals surface area (Å²) in [7, 11) is 1.49. The van der Waals surface area contributed by atoms with Gasteiger partial charge in [-0.25, -0.2) is 0 Å². The van der Waals surface area contributed by atoms with E-state index in [1.807, 2.05) is 30.3 Å². The van der Waals surface area contributed by atoms with Gasteiger partial charge < -0.3 is 9.64 Å². The van der Waals surface area contributed by atoms with Crippen LogP contribution in [0.2, 0.25) is 0 Å². The first-order valence-corrected chi connectivity index (χ1v) is 6.98. The first-order valence-electron chi connectivity index (χ1n) is 6.98. The number of amides is 1. The number of nitrogens with zero attached hydrogens (tertiary/aromatic N) is 2. The normalized spacial score (nSPS) is 16.0. The topological polar surface area (TPSA) is 53.3 Å². The summed E-state index contributed by atoms with van der Waals surface area (Å²) in [5.74, 6) is 0.189. The second kappa shape index (κ2) is 5.61. The van der Waals surface area contributed by atoms with Crippen molar-refractivity contribution in [2.45, 2.75) is 32.6 Å². The fourth-order valence-corrected chi connectivity index (χ4v) is 2.40. The largest absolute Gasteiger partial charge is 0.499 e. The highest BCUT2D eigenvalue weighted by Gasteiger charge is 2.29. The van der Waals surface area contributed by atoms with Crippen LogP contribution in [0.1, 0.15) is 32.8 Å². The van der Waals surface area contributed by atoms with Crippen LogP contribution < -0.4 is 4.90 Å². The van der Waals surface area contributed by atoms with Crippen molar-refractivity contribution in [1.29, 1.82) is 5.26 Å². The molecule has 0 unspecified atom stereocenters. The fraction of sp³-hybridized carbons (Fsp3) is 0.412. The quantitative estimate of drug-likeness (QED) is 0.838. The lowest BCUT2D eigenvalue weighted by Gasteiger charge is -2.28. The number of anilines is 1. The third-order valence-electron chi connectivity index (χ3n) is 3.70. The first kappa shape index (κ1) is 15.1. The molecule has 1 amide bonds. The van der Waals surface area contributed by atoms with Crippen LogP contribution in [0.5, 0.6) is 0 Å². The Labute approximate surface area is 125 Å². The first-order chi connectivity index (χ1) is 9.88. The van der Waals surface area contributed by atoms with Gasteiger partial charge in [0.15, 0.2) is 5.57 Å². The van der Waals surface area contributed by atoms with Gasteiger partial charge in [-0.3, -0.25) is 4.79 Å². The number of rotatable bonds is 2. The second-order valence-corrected chi connectivity index (χ2v) is 6.12. The molecule has 21 heavy (non-hydrogen) atoms. The summed E-state index contributed by atoms with van der Waals surface area (Å²) in [6, 6.07) is 9.89. The Kier molecular flexibility index (Phi) is 4.04. The van der Waals surface area contributed by atoms with Crippen molar-refractivity contribution in [2.24, 2.45) is 0 Å². The minimum absolute atomic E-state index is 0.0748. The molecule has 4 heteroatoms. The monoisotopic (exact) mass is 284 g/mol. The highest BCUT2D eigenvalue weighted by molar-refractivity contribution is 6.09. The Bertz CT molecular complexity index is 616. The second-order valence-electron chi connectivity index (χ2n) is 6.12. The third-order valence-corrected chi connectivity index (χ3v) is 3.70. The van der Waals surface area contributed by atoms with E-state index >= 15 is 0 Å². The van der Waals surface area contributed by atoms with Gasteiger partial charge in [0.05, 0.1) is 7.11 Å². The Hall–Kier alpha value is -2.28. The van der Waals surface area contributed by atoms with Crippen molar-refractivity contribution in [3.05, 3.63) is 41.2 Å². The lowest BCUT2D eigenvalue weighted by molar-refractivity contribution is -0.115. The van der Waals surface area contributed by atoms with E-state index in [1.54, 1.807) is 4.90 Å². The number of carbonyl (C=O) groups is 1. The molecular weight excluding hydrogens is 264 g/mol. The molecule has 0 radical (unpaired) electrons. The number of benzene rings is 1. The lowest BCUT2D eigenvalue weighted by atomic mass is 9.87. The molecule has 0 aromatic heterocycles. The standard InChI is InChI=1S/C17H20N2O2/c1-17(2,3)12-5-7-13(8-6-12)19-10-9-15(21-4)14(11-18)16(19)20/h5-8H,9-10H2,1-4H3. The van der Waals surface area contributed by atoms with Crippen molar-refractivity contribution in [2.75, 3.05) is 18.6 Å². The van der Waals surface area contributed by atoms with Gasteiger partial charge in [0, 0.05) is 18.7 Å². The van der Waals surface area contributed by atoms with E-state index in [9.17, 15) is 4.79 Å². The number of hydrogen-bond acceptors (Lipinski definition) is 3. The molecule has 0 N–H and O–H groups in total. The molecular formula is C17H20N2O2. The van der Waals surface area contributed by atoms with Gasteiger partial charge in [-0.2, -0.15) is 5.26 Å². The van der Waals surface area contributed by atoms with E-state index < -0.39 is 0 Å². The van der Waals surface area contributed by atoms with E-state index in [0.29, 0.717) is 18.7 Å². The van der Waals surface area contributed by atoms with E-state index in [-0.39, 0.29) is 16.9 Å². The molecule has 1 aromatic rings. The van der Waals surface area contributed by atoms with Crippen molar-refractivity contribution in [3.63, 3.8) is 0 Å². The zero-order valence-corrected chi connectivity index (χ0v) is 12.9. The van der Waals surface area contributed by atoms with Crippen LogP contribution >= 0.6 is 0 Å². The van der Waals surface area contributed by atoms with Crippen molar-refractivity contribution in [1.82, 2.24) is 0 Å². The SMILES string of the molecule is COC1=C(C#N)C(=O)N(c2ccc(C(C)(C)C)cc2)CC1. The predicted molar refractivity (Wildman–Crippen MR) is 81.8 cm³/mol. The molecule has 0 saturated heterocycles. The van der Waals surface area contributed by atoms with Gasteiger partial charge in [-0.05, 0) is 23.1 Å². The smallest absolute Gasteiger partial charge is 0.272 e. The van der Waals surface area contributed by atoms with Crippen LogP contribution in [0.15, 0.2) is 35.6 Å². The molecule has 1 aliphatic heterocycles. The van der Waals surface area contributed by atoms with E-state index in [0.717, 1.165) is 5.69 Å². The molecule has 0 fully saturated rings. The summed E-state index contributed by atoms with van der Waals surface area (Å²) in [6.45, 7) is 6.97. The maximum absolute atomic E-state index is 12.4. The average Bonchev–Trinajstić information content (AvgIpc) is 2.46. The summed E-state index contributed by atoms with van der Waals surface area (Å²) in [5.41, 5.74) is 2.20. The van der Waals surface area contributed by atoms with Gasteiger partial charge in [-0.1, -0.05) is 32.9 Å². The maximum Gasteiger partial charge on any atom is 0.272 e. The molecule has 110 valence electrons. The van der Waals surface area contributed by atoms with Crippen molar-refractivity contribution >= 4 is 11.6 Å². The molecule has 0 aliphatic carbocycles. The van der Waals surface area contributed by atoms with Crippen LogP contribution in [0.4, 0.5) is 5.69 Å². The van der Waals surface area contributed by atoms with E-state index in [2.05, 4.69) is 20.8 Å². The summed E-state index contributed by atoms with van der Waals surface area (Å²) in [5, 5.41) is 9.14. The molecule has 0 saturated carbocycles. The lowest BCUT2D eigenvalue weighted by Crippen LogP contribution is -2.37. The van der Waals surface area contributed by atoms with Crippen LogP contribution in [0.25, 0.3) is 0 Å². The zero-order chi connectivity index (χ0) is 15.6. The average molecular weight is 284 g/mol. The highest BCUT2D eigenvalue weighted by Crippen LogP contribution is 2.28. The zero-order valence-electron chi connectivity index (χ0n) is 12.9. The highest BCUT2D eigenvalue weighted by atomic mass is 16.5. The maximum atomic E-state index is 12.4. The number of carbonyl (C=O) groups excluding carboxylic acids is 1. The molecule has 1 aliphatic rings. The number of hydrogen-bond donors (Lipinski definition) is 0. The third kappa shape index (κ3) is 2.92. The van der Waals surface area contributed by atoms with E-state index in [1.165, 1.54) is 12.7 Å². The molecule has 0 atom stereocenters. The minimum atomic E-state index is -0.288. The summed E-state index contributed by atoms with van der Waals surface area (Å²) in [4.78, 5) is 14.0. The molecule has 1 aromatic carbocycles. The van der Waals surface area contributed by atoms with Crippen LogP contribution in [-0.2, 0) is 14.9 Å². The van der Waals surface area contributed by atoms with Crippen molar-refractivity contribution in [3.8, 4) is 6.07 Å². The number of nitriles is 1. The summed E-state index contributed by atoms with van der Waals surface area (Å²) in [6.07, 6.45) is 0.562. The molecule has 4 nitrogen and oxygen atoms in total. The van der Waals surface area contributed by atoms with Crippen LogP contribution in [0, 0.1) is 11.3 Å².